The molecule has 0 saturated heterocycles. The van der Waals surface area contributed by atoms with Crippen LogP contribution in [0.15, 0.2) is 24.5 Å². The van der Waals surface area contributed by atoms with E-state index in [9.17, 15) is 4.79 Å². The van der Waals surface area contributed by atoms with Crippen LogP contribution < -0.4 is 5.73 Å². The maximum atomic E-state index is 11.9. The third-order valence-corrected chi connectivity index (χ3v) is 2.23. The molecular formula is C11H17N3O. The molecule has 82 valence electrons. The number of hydrogen-bond acceptors (Lipinski definition) is 3. The van der Waals surface area contributed by atoms with Gasteiger partial charge in [-0.2, -0.15) is 0 Å². The number of rotatable bonds is 5. The molecule has 4 heteroatoms. The van der Waals surface area contributed by atoms with Gasteiger partial charge in [-0.3, -0.25) is 9.78 Å². The molecule has 0 aliphatic rings. The Hall–Kier alpha value is -1.42. The van der Waals surface area contributed by atoms with Crippen molar-refractivity contribution >= 4 is 5.91 Å². The SMILES string of the molecule is CCN(CCCN)C(=O)c1ccncc1. The lowest BCUT2D eigenvalue weighted by molar-refractivity contribution is 0.0763. The van der Waals surface area contributed by atoms with Gasteiger partial charge in [0.2, 0.25) is 0 Å². The molecule has 1 amide bonds. The first kappa shape index (κ1) is 11.7. The van der Waals surface area contributed by atoms with E-state index >= 15 is 0 Å². The lowest BCUT2D eigenvalue weighted by Gasteiger charge is -2.20. The number of carbonyl (C=O) groups is 1. The average molecular weight is 207 g/mol. The molecule has 0 aromatic carbocycles. The molecule has 4 nitrogen and oxygen atoms in total. The van der Waals surface area contributed by atoms with Crippen molar-refractivity contribution in [2.45, 2.75) is 13.3 Å². The second-order valence-electron chi connectivity index (χ2n) is 3.26. The monoisotopic (exact) mass is 207 g/mol. The van der Waals surface area contributed by atoms with Gasteiger partial charge in [0.15, 0.2) is 0 Å². The Morgan fingerprint density at radius 1 is 1.47 bits per heavy atom. The first-order valence-corrected chi connectivity index (χ1v) is 5.19. The number of carbonyl (C=O) groups excluding carboxylic acids is 1. The number of hydrogen-bond donors (Lipinski definition) is 1. The predicted octanol–water partition coefficient (Wildman–Crippen LogP) is 0.892. The van der Waals surface area contributed by atoms with E-state index in [1.807, 2.05) is 6.92 Å². The highest BCUT2D eigenvalue weighted by Crippen LogP contribution is 2.03. The third-order valence-electron chi connectivity index (χ3n) is 2.23. The molecule has 2 N–H and O–H groups in total. The van der Waals surface area contributed by atoms with Crippen LogP contribution in [-0.4, -0.2) is 35.4 Å². The molecule has 1 aromatic heterocycles. The summed E-state index contributed by atoms with van der Waals surface area (Å²) in [5.74, 6) is 0.0494. The maximum absolute atomic E-state index is 11.9. The molecule has 0 atom stereocenters. The van der Waals surface area contributed by atoms with E-state index in [0.717, 1.165) is 6.42 Å². The van der Waals surface area contributed by atoms with Gasteiger partial charge >= 0.3 is 0 Å². The number of aromatic nitrogens is 1. The van der Waals surface area contributed by atoms with Crippen LogP contribution in [0.5, 0.6) is 0 Å². The van der Waals surface area contributed by atoms with E-state index < -0.39 is 0 Å². The minimum absolute atomic E-state index is 0.0494. The summed E-state index contributed by atoms with van der Waals surface area (Å²) in [7, 11) is 0. The van der Waals surface area contributed by atoms with Crippen LogP contribution >= 0.6 is 0 Å². The van der Waals surface area contributed by atoms with E-state index in [1.165, 1.54) is 0 Å². The maximum Gasteiger partial charge on any atom is 0.253 e. The Morgan fingerprint density at radius 2 is 2.13 bits per heavy atom. The van der Waals surface area contributed by atoms with Gasteiger partial charge in [0.1, 0.15) is 0 Å². The zero-order chi connectivity index (χ0) is 11.1. The fraction of sp³-hybridized carbons (Fsp3) is 0.455. The average Bonchev–Trinajstić information content (AvgIpc) is 2.31. The van der Waals surface area contributed by atoms with Crippen molar-refractivity contribution in [1.82, 2.24) is 9.88 Å². The van der Waals surface area contributed by atoms with Gasteiger partial charge in [0, 0.05) is 31.0 Å². The van der Waals surface area contributed by atoms with Crippen molar-refractivity contribution < 1.29 is 4.79 Å². The summed E-state index contributed by atoms with van der Waals surface area (Å²) in [6, 6.07) is 3.46. The molecule has 1 heterocycles. The fourth-order valence-electron chi connectivity index (χ4n) is 1.36. The van der Waals surface area contributed by atoms with Crippen LogP contribution in [-0.2, 0) is 0 Å². The highest BCUT2D eigenvalue weighted by atomic mass is 16.2. The summed E-state index contributed by atoms with van der Waals surface area (Å²) >= 11 is 0. The Bertz CT molecular complexity index is 300. The molecule has 0 bridgehead atoms. The molecule has 15 heavy (non-hydrogen) atoms. The van der Waals surface area contributed by atoms with Crippen LogP contribution in [0.1, 0.15) is 23.7 Å². The molecule has 0 fully saturated rings. The molecule has 0 unspecified atom stereocenters. The van der Waals surface area contributed by atoms with Crippen molar-refractivity contribution in [1.29, 1.82) is 0 Å². The zero-order valence-corrected chi connectivity index (χ0v) is 9.02. The molecule has 1 aromatic rings. The first-order valence-electron chi connectivity index (χ1n) is 5.19. The number of pyridine rings is 1. The zero-order valence-electron chi connectivity index (χ0n) is 9.02. The third kappa shape index (κ3) is 3.32. The van der Waals surface area contributed by atoms with E-state index in [1.54, 1.807) is 29.4 Å². The van der Waals surface area contributed by atoms with Crippen molar-refractivity contribution in [2.24, 2.45) is 5.73 Å². The van der Waals surface area contributed by atoms with Gasteiger partial charge < -0.3 is 10.6 Å². The van der Waals surface area contributed by atoms with Crippen molar-refractivity contribution in [2.75, 3.05) is 19.6 Å². The molecular weight excluding hydrogens is 190 g/mol. The summed E-state index contributed by atoms with van der Waals surface area (Å²) < 4.78 is 0. The molecule has 0 spiro atoms. The Balaban J connectivity index is 2.65. The minimum Gasteiger partial charge on any atom is -0.339 e. The standard InChI is InChI=1S/C11H17N3O/c1-2-14(9-3-6-12)11(15)10-4-7-13-8-5-10/h4-5,7-8H,2-3,6,9,12H2,1H3. The lowest BCUT2D eigenvalue weighted by Crippen LogP contribution is -2.32. The van der Waals surface area contributed by atoms with Crippen LogP contribution in [0.3, 0.4) is 0 Å². The summed E-state index contributed by atoms with van der Waals surface area (Å²) in [5, 5.41) is 0. The number of amides is 1. The summed E-state index contributed by atoms with van der Waals surface area (Å²) in [6.45, 7) is 4.01. The van der Waals surface area contributed by atoms with Crippen LogP contribution in [0.25, 0.3) is 0 Å². The van der Waals surface area contributed by atoms with E-state index in [4.69, 9.17) is 5.73 Å². The highest BCUT2D eigenvalue weighted by Gasteiger charge is 2.12. The molecule has 0 aliphatic heterocycles. The van der Waals surface area contributed by atoms with Crippen LogP contribution in [0.2, 0.25) is 0 Å². The van der Waals surface area contributed by atoms with Gasteiger partial charge in [0.05, 0.1) is 0 Å². The Morgan fingerprint density at radius 3 is 2.67 bits per heavy atom. The first-order chi connectivity index (χ1) is 7.29. The number of nitrogens with two attached hydrogens (primary N) is 1. The second kappa shape index (κ2) is 6.14. The lowest BCUT2D eigenvalue weighted by atomic mass is 10.2. The highest BCUT2D eigenvalue weighted by molar-refractivity contribution is 5.94. The van der Waals surface area contributed by atoms with Gasteiger partial charge in [-0.1, -0.05) is 0 Å². The molecule has 0 radical (unpaired) electrons. The predicted molar refractivity (Wildman–Crippen MR) is 59.5 cm³/mol. The summed E-state index contributed by atoms with van der Waals surface area (Å²) in [5.41, 5.74) is 6.11. The van der Waals surface area contributed by atoms with Crippen molar-refractivity contribution in [3.05, 3.63) is 30.1 Å². The van der Waals surface area contributed by atoms with Gasteiger partial charge in [-0.05, 0) is 32.0 Å². The minimum atomic E-state index is 0.0494. The van der Waals surface area contributed by atoms with Gasteiger partial charge in [0.25, 0.3) is 5.91 Å². The van der Waals surface area contributed by atoms with Gasteiger partial charge in [-0.15, -0.1) is 0 Å². The quantitative estimate of drug-likeness (QED) is 0.780. The molecule has 1 rings (SSSR count). The van der Waals surface area contributed by atoms with E-state index in [2.05, 4.69) is 4.98 Å². The van der Waals surface area contributed by atoms with Crippen molar-refractivity contribution in [3.63, 3.8) is 0 Å². The second-order valence-corrected chi connectivity index (χ2v) is 3.26. The summed E-state index contributed by atoms with van der Waals surface area (Å²) in [6.07, 6.45) is 4.10. The van der Waals surface area contributed by atoms with E-state index in [0.29, 0.717) is 25.2 Å². The van der Waals surface area contributed by atoms with Crippen LogP contribution in [0, 0.1) is 0 Å². The number of nitrogens with zero attached hydrogens (tertiary/aromatic N) is 2. The van der Waals surface area contributed by atoms with Gasteiger partial charge in [-0.25, -0.2) is 0 Å². The van der Waals surface area contributed by atoms with Crippen molar-refractivity contribution in [3.8, 4) is 0 Å². The normalized spacial score (nSPS) is 10.0. The Kier molecular flexibility index (Phi) is 4.77. The Labute approximate surface area is 90.1 Å². The van der Waals surface area contributed by atoms with Crippen LogP contribution in [0.4, 0.5) is 0 Å². The topological polar surface area (TPSA) is 59.2 Å². The molecule has 0 aliphatic carbocycles. The van der Waals surface area contributed by atoms with E-state index in [-0.39, 0.29) is 5.91 Å². The summed E-state index contributed by atoms with van der Waals surface area (Å²) in [4.78, 5) is 17.6. The molecule has 0 saturated carbocycles. The largest absolute Gasteiger partial charge is 0.339 e. The fourth-order valence-corrected chi connectivity index (χ4v) is 1.36. The smallest absolute Gasteiger partial charge is 0.253 e.